The lowest BCUT2D eigenvalue weighted by molar-refractivity contribution is -0.151. The van der Waals surface area contributed by atoms with E-state index in [1.54, 1.807) is 23.1 Å². The molecule has 1 saturated heterocycles. The van der Waals surface area contributed by atoms with Gasteiger partial charge in [0.25, 0.3) is 5.91 Å². The number of methoxy groups -OCH3 is 2. The summed E-state index contributed by atoms with van der Waals surface area (Å²) in [6, 6.07) is 18.4. The monoisotopic (exact) mass is 448 g/mol. The number of carbonyl (C=O) groups is 3. The van der Waals surface area contributed by atoms with Crippen molar-refractivity contribution in [3.05, 3.63) is 60.7 Å². The largest absolute Gasteiger partial charge is 0.497 e. The first-order valence-electron chi connectivity index (χ1n) is 10.5. The Balaban J connectivity index is 1.37. The van der Waals surface area contributed by atoms with Crippen LogP contribution in [0.2, 0.25) is 0 Å². The van der Waals surface area contributed by atoms with Gasteiger partial charge in [-0.15, -0.1) is 0 Å². The Bertz CT molecular complexity index is 1200. The van der Waals surface area contributed by atoms with Crippen LogP contribution < -0.4 is 19.7 Å². The second-order valence-electron chi connectivity index (χ2n) is 7.63. The smallest absolute Gasteiger partial charge is 0.311 e. The summed E-state index contributed by atoms with van der Waals surface area (Å²) < 4.78 is 15.6. The van der Waals surface area contributed by atoms with Crippen molar-refractivity contribution in [1.29, 1.82) is 0 Å². The van der Waals surface area contributed by atoms with E-state index in [0.717, 1.165) is 16.5 Å². The van der Waals surface area contributed by atoms with Crippen molar-refractivity contribution in [3.8, 4) is 11.5 Å². The van der Waals surface area contributed by atoms with Crippen LogP contribution in [0.15, 0.2) is 60.7 Å². The fourth-order valence-electron chi connectivity index (χ4n) is 3.88. The van der Waals surface area contributed by atoms with Gasteiger partial charge in [-0.1, -0.05) is 36.4 Å². The summed E-state index contributed by atoms with van der Waals surface area (Å²) >= 11 is 0. The van der Waals surface area contributed by atoms with Gasteiger partial charge in [-0.05, 0) is 23.6 Å². The van der Waals surface area contributed by atoms with E-state index in [4.69, 9.17) is 14.2 Å². The molecular formula is C25H24N2O6. The number of esters is 1. The lowest BCUT2D eigenvalue weighted by Crippen LogP contribution is -2.28. The van der Waals surface area contributed by atoms with Gasteiger partial charge in [0.05, 0.1) is 31.5 Å². The van der Waals surface area contributed by atoms with Crippen LogP contribution in [0.1, 0.15) is 6.42 Å². The van der Waals surface area contributed by atoms with Crippen LogP contribution in [0.4, 0.5) is 11.4 Å². The van der Waals surface area contributed by atoms with Crippen molar-refractivity contribution in [1.82, 2.24) is 0 Å². The number of fused-ring (bicyclic) bond motifs is 1. The second-order valence-corrected chi connectivity index (χ2v) is 7.63. The molecule has 1 aliphatic rings. The van der Waals surface area contributed by atoms with Crippen molar-refractivity contribution in [2.75, 3.05) is 37.6 Å². The molecule has 0 aromatic heterocycles. The summed E-state index contributed by atoms with van der Waals surface area (Å²) in [5.74, 6) is -0.885. The summed E-state index contributed by atoms with van der Waals surface area (Å²) in [6.45, 7) is -0.257. The normalized spacial score (nSPS) is 15.4. The van der Waals surface area contributed by atoms with Crippen LogP contribution in [0.3, 0.4) is 0 Å². The van der Waals surface area contributed by atoms with Gasteiger partial charge in [0.1, 0.15) is 11.5 Å². The minimum Gasteiger partial charge on any atom is -0.497 e. The fraction of sp³-hybridized carbons (Fsp3) is 0.240. The van der Waals surface area contributed by atoms with E-state index in [0.29, 0.717) is 17.2 Å². The molecule has 33 heavy (non-hydrogen) atoms. The predicted octanol–water partition coefficient (Wildman–Crippen LogP) is 3.39. The summed E-state index contributed by atoms with van der Waals surface area (Å²) in [7, 11) is 3.00. The summed E-state index contributed by atoms with van der Waals surface area (Å²) in [6.07, 6.45) is 0.0377. The van der Waals surface area contributed by atoms with Gasteiger partial charge >= 0.3 is 5.97 Å². The van der Waals surface area contributed by atoms with E-state index in [2.05, 4.69) is 5.32 Å². The molecule has 3 aromatic rings. The molecule has 0 bridgehead atoms. The van der Waals surface area contributed by atoms with Crippen molar-refractivity contribution in [2.24, 2.45) is 5.92 Å². The number of nitrogens with one attached hydrogen (secondary N) is 1. The lowest BCUT2D eigenvalue weighted by Gasteiger charge is -2.19. The number of hydrogen-bond acceptors (Lipinski definition) is 6. The zero-order valence-electron chi connectivity index (χ0n) is 18.4. The number of anilines is 2. The van der Waals surface area contributed by atoms with Crippen LogP contribution in [0.5, 0.6) is 11.5 Å². The molecule has 0 spiro atoms. The quantitative estimate of drug-likeness (QED) is 0.557. The van der Waals surface area contributed by atoms with Crippen LogP contribution in [-0.2, 0) is 19.1 Å². The summed E-state index contributed by atoms with van der Waals surface area (Å²) in [5, 5.41) is 4.60. The van der Waals surface area contributed by atoms with Gasteiger partial charge < -0.3 is 24.4 Å². The fourth-order valence-corrected chi connectivity index (χ4v) is 3.88. The highest BCUT2D eigenvalue weighted by Crippen LogP contribution is 2.32. The Morgan fingerprint density at radius 1 is 1.03 bits per heavy atom. The first kappa shape index (κ1) is 22.1. The summed E-state index contributed by atoms with van der Waals surface area (Å²) in [4.78, 5) is 39.1. The zero-order chi connectivity index (χ0) is 23.4. The molecule has 1 heterocycles. The van der Waals surface area contributed by atoms with E-state index >= 15 is 0 Å². The van der Waals surface area contributed by atoms with Crippen LogP contribution in [0, 0.1) is 5.92 Å². The van der Waals surface area contributed by atoms with Crippen molar-refractivity contribution < 1.29 is 28.6 Å². The number of rotatable bonds is 7. The Morgan fingerprint density at radius 2 is 1.82 bits per heavy atom. The van der Waals surface area contributed by atoms with Crippen LogP contribution in [-0.4, -0.2) is 45.2 Å². The number of hydrogen-bond donors (Lipinski definition) is 1. The molecule has 8 heteroatoms. The maximum atomic E-state index is 12.7. The molecule has 3 aromatic carbocycles. The maximum absolute atomic E-state index is 12.7. The average Bonchev–Trinajstić information content (AvgIpc) is 3.23. The van der Waals surface area contributed by atoms with E-state index in [9.17, 15) is 14.4 Å². The number of ether oxygens (including phenoxy) is 3. The van der Waals surface area contributed by atoms with Gasteiger partial charge in [0, 0.05) is 24.4 Å². The molecule has 2 amide bonds. The minimum atomic E-state index is -0.639. The second kappa shape index (κ2) is 9.60. The SMILES string of the molecule is COc1ccc(NC(=O)COC(=O)[C@H]2CC(=O)N(c3cccc4ccccc34)C2)c(OC)c1. The highest BCUT2D eigenvalue weighted by Gasteiger charge is 2.37. The standard InChI is InChI=1S/C25H24N2O6/c1-31-18-10-11-20(22(13-18)32-2)26-23(28)15-33-25(30)17-12-24(29)27(14-17)21-9-5-7-16-6-3-4-8-19(16)21/h3-11,13,17H,12,14-15H2,1-2H3,(H,26,28)/t17-/m0/s1. The average molecular weight is 448 g/mol. The molecule has 1 atom stereocenters. The first-order chi connectivity index (χ1) is 16.0. The molecule has 1 fully saturated rings. The molecule has 0 radical (unpaired) electrons. The molecule has 1 aliphatic heterocycles. The highest BCUT2D eigenvalue weighted by molar-refractivity contribution is 6.06. The molecule has 0 aliphatic carbocycles. The lowest BCUT2D eigenvalue weighted by atomic mass is 10.1. The Morgan fingerprint density at radius 3 is 2.61 bits per heavy atom. The van der Waals surface area contributed by atoms with Crippen molar-refractivity contribution in [2.45, 2.75) is 6.42 Å². The van der Waals surface area contributed by atoms with Crippen molar-refractivity contribution in [3.63, 3.8) is 0 Å². The summed E-state index contributed by atoms with van der Waals surface area (Å²) in [5.41, 5.74) is 1.19. The molecule has 0 saturated carbocycles. The zero-order valence-corrected chi connectivity index (χ0v) is 18.4. The third-order valence-corrected chi connectivity index (χ3v) is 5.54. The number of nitrogens with zero attached hydrogens (tertiary/aromatic N) is 1. The Labute approximate surface area is 191 Å². The third-order valence-electron chi connectivity index (χ3n) is 5.54. The molecular weight excluding hydrogens is 424 g/mol. The highest BCUT2D eigenvalue weighted by atomic mass is 16.5. The Kier molecular flexibility index (Phi) is 6.44. The number of carbonyl (C=O) groups excluding carboxylic acids is 3. The van der Waals surface area contributed by atoms with Crippen LogP contribution in [0.25, 0.3) is 10.8 Å². The first-order valence-corrected chi connectivity index (χ1v) is 10.5. The molecule has 170 valence electrons. The van der Waals surface area contributed by atoms with Gasteiger partial charge in [0.2, 0.25) is 5.91 Å². The number of benzene rings is 3. The van der Waals surface area contributed by atoms with Crippen LogP contribution >= 0.6 is 0 Å². The Hall–Kier alpha value is -4.07. The van der Waals surface area contributed by atoms with Gasteiger partial charge in [0.15, 0.2) is 6.61 Å². The van der Waals surface area contributed by atoms with Crippen molar-refractivity contribution >= 4 is 39.9 Å². The molecule has 0 unspecified atom stereocenters. The minimum absolute atomic E-state index is 0.0377. The van der Waals surface area contributed by atoms with Gasteiger partial charge in [-0.2, -0.15) is 0 Å². The maximum Gasteiger partial charge on any atom is 0.311 e. The van der Waals surface area contributed by atoms with E-state index in [-0.39, 0.29) is 18.9 Å². The molecule has 4 rings (SSSR count). The van der Waals surface area contributed by atoms with Gasteiger partial charge in [-0.25, -0.2) is 0 Å². The molecule has 8 nitrogen and oxygen atoms in total. The predicted molar refractivity (Wildman–Crippen MR) is 124 cm³/mol. The van der Waals surface area contributed by atoms with E-state index in [1.807, 2.05) is 42.5 Å². The van der Waals surface area contributed by atoms with E-state index in [1.165, 1.54) is 14.2 Å². The number of amides is 2. The molecule has 1 N–H and O–H groups in total. The van der Waals surface area contributed by atoms with Gasteiger partial charge in [-0.3, -0.25) is 14.4 Å². The topological polar surface area (TPSA) is 94.2 Å². The third kappa shape index (κ3) is 4.74. The van der Waals surface area contributed by atoms with E-state index < -0.39 is 24.4 Å².